The van der Waals surface area contributed by atoms with Crippen LogP contribution in [0.4, 0.5) is 0 Å². The Morgan fingerprint density at radius 2 is 1.79 bits per heavy atom. The van der Waals surface area contributed by atoms with Crippen molar-refractivity contribution in [1.29, 1.82) is 0 Å². The first-order valence-corrected chi connectivity index (χ1v) is 10.6. The fourth-order valence-electron chi connectivity index (χ4n) is 4.67. The summed E-state index contributed by atoms with van der Waals surface area (Å²) in [6.45, 7) is 2.88. The molecular weight excluding hydrogens is 350 g/mol. The van der Waals surface area contributed by atoms with Crippen LogP contribution in [-0.4, -0.2) is 39.0 Å². The molecule has 1 aliphatic heterocycles. The molecule has 0 bridgehead atoms. The molecule has 2 aliphatic rings. The van der Waals surface area contributed by atoms with Crippen molar-refractivity contribution in [2.45, 2.75) is 63.3 Å². The molecule has 1 saturated carbocycles. The van der Waals surface area contributed by atoms with Gasteiger partial charge in [-0.3, -0.25) is 4.90 Å². The number of aromatic carboxylic acids is 1. The molecule has 1 aliphatic carbocycles. The van der Waals surface area contributed by atoms with Crippen molar-refractivity contribution >= 4 is 5.97 Å². The van der Waals surface area contributed by atoms with Gasteiger partial charge in [-0.25, -0.2) is 14.8 Å². The van der Waals surface area contributed by atoms with Crippen molar-refractivity contribution in [1.82, 2.24) is 14.9 Å². The van der Waals surface area contributed by atoms with E-state index in [1.807, 2.05) is 24.5 Å². The van der Waals surface area contributed by atoms with Crippen molar-refractivity contribution < 1.29 is 9.90 Å². The van der Waals surface area contributed by atoms with E-state index in [-0.39, 0.29) is 0 Å². The molecule has 2 heterocycles. The number of carboxylic acid groups (broad SMARTS) is 1. The monoisotopic (exact) mass is 379 g/mol. The van der Waals surface area contributed by atoms with Gasteiger partial charge in [0.05, 0.1) is 5.56 Å². The van der Waals surface area contributed by atoms with Crippen LogP contribution in [0, 0.1) is 0 Å². The lowest BCUT2D eigenvalue weighted by Gasteiger charge is -2.33. The summed E-state index contributed by atoms with van der Waals surface area (Å²) < 4.78 is 0. The Morgan fingerprint density at radius 1 is 1.04 bits per heavy atom. The van der Waals surface area contributed by atoms with Crippen LogP contribution >= 0.6 is 0 Å². The minimum absolute atomic E-state index is 0.376. The minimum Gasteiger partial charge on any atom is -0.478 e. The van der Waals surface area contributed by atoms with E-state index in [0.29, 0.717) is 17.4 Å². The van der Waals surface area contributed by atoms with Gasteiger partial charge < -0.3 is 5.11 Å². The molecule has 1 saturated heterocycles. The number of piperidine rings is 1. The van der Waals surface area contributed by atoms with Crippen molar-refractivity contribution in [3.8, 4) is 0 Å². The van der Waals surface area contributed by atoms with Crippen LogP contribution in [-0.2, 0) is 6.54 Å². The lowest BCUT2D eigenvalue weighted by atomic mass is 9.88. The summed E-state index contributed by atoms with van der Waals surface area (Å²) in [4.78, 5) is 23.0. The summed E-state index contributed by atoms with van der Waals surface area (Å²) >= 11 is 0. The summed E-state index contributed by atoms with van der Waals surface area (Å²) in [5.74, 6) is 1.09. The third-order valence-corrected chi connectivity index (χ3v) is 6.21. The molecule has 1 unspecified atom stereocenters. The van der Waals surface area contributed by atoms with Crippen LogP contribution in [0.3, 0.4) is 0 Å². The molecule has 1 aromatic carbocycles. The summed E-state index contributed by atoms with van der Waals surface area (Å²) in [6.07, 6.45) is 12.6. The van der Waals surface area contributed by atoms with Gasteiger partial charge in [-0.05, 0) is 55.8 Å². The van der Waals surface area contributed by atoms with Gasteiger partial charge in [0.1, 0.15) is 5.82 Å². The fraction of sp³-hybridized carbons (Fsp3) is 0.522. The number of nitrogens with zero attached hydrogens (tertiary/aromatic N) is 3. The maximum absolute atomic E-state index is 11.3. The number of carboxylic acids is 1. The molecule has 5 nitrogen and oxygen atoms in total. The maximum Gasteiger partial charge on any atom is 0.335 e. The van der Waals surface area contributed by atoms with Gasteiger partial charge in [0.2, 0.25) is 0 Å². The zero-order valence-corrected chi connectivity index (χ0v) is 16.4. The first-order chi connectivity index (χ1) is 13.7. The van der Waals surface area contributed by atoms with Crippen molar-refractivity contribution in [3.63, 3.8) is 0 Å². The molecule has 1 atom stereocenters. The lowest BCUT2D eigenvalue weighted by Crippen LogP contribution is -2.34. The number of likely N-dealkylation sites (tertiary alicyclic amines) is 1. The third-order valence-electron chi connectivity index (χ3n) is 6.21. The summed E-state index contributed by atoms with van der Waals surface area (Å²) in [7, 11) is 0. The number of aromatic nitrogens is 2. The van der Waals surface area contributed by atoms with Crippen LogP contribution in [0.2, 0.25) is 0 Å². The summed E-state index contributed by atoms with van der Waals surface area (Å²) in [5.41, 5.74) is 2.68. The first-order valence-electron chi connectivity index (χ1n) is 10.6. The Hall–Kier alpha value is -2.27. The van der Waals surface area contributed by atoms with Crippen LogP contribution in [0.5, 0.6) is 0 Å². The average molecular weight is 380 g/mol. The van der Waals surface area contributed by atoms with Gasteiger partial charge in [0.15, 0.2) is 0 Å². The molecule has 2 aromatic rings. The Morgan fingerprint density at radius 3 is 2.54 bits per heavy atom. The number of carbonyl (C=O) groups is 1. The molecule has 0 spiro atoms. The normalized spacial score (nSPS) is 21.5. The van der Waals surface area contributed by atoms with E-state index in [0.717, 1.165) is 43.9 Å². The number of hydrogen-bond donors (Lipinski definition) is 1. The predicted octanol–water partition coefficient (Wildman–Crippen LogP) is 4.60. The second kappa shape index (κ2) is 8.82. The van der Waals surface area contributed by atoms with E-state index in [1.54, 1.807) is 6.07 Å². The topological polar surface area (TPSA) is 66.3 Å². The smallest absolute Gasteiger partial charge is 0.335 e. The molecule has 4 rings (SSSR count). The molecule has 1 N–H and O–H groups in total. The second-order valence-corrected chi connectivity index (χ2v) is 8.29. The highest BCUT2D eigenvalue weighted by Gasteiger charge is 2.23. The number of hydrogen-bond acceptors (Lipinski definition) is 4. The Kier molecular flexibility index (Phi) is 6.01. The quantitative estimate of drug-likeness (QED) is 0.822. The van der Waals surface area contributed by atoms with Crippen LogP contribution in [0.15, 0.2) is 36.7 Å². The summed E-state index contributed by atoms with van der Waals surface area (Å²) in [5, 5.41) is 9.25. The lowest BCUT2D eigenvalue weighted by molar-refractivity contribution is 0.0696. The molecular formula is C23H29N3O2. The first kappa shape index (κ1) is 19.1. The van der Waals surface area contributed by atoms with Gasteiger partial charge in [-0.2, -0.15) is 0 Å². The standard InChI is InChI=1S/C23H29N3O2/c27-23(28)20-9-4-8-19(12-20)21-10-5-11-26(16-21)15-17-13-24-22(25-14-17)18-6-2-1-3-7-18/h4,8-9,12-14,18,21H,1-3,5-7,10-11,15-16H2,(H,27,28). The van der Waals surface area contributed by atoms with E-state index < -0.39 is 5.97 Å². The Balaban J connectivity index is 1.38. The molecule has 0 amide bonds. The highest BCUT2D eigenvalue weighted by molar-refractivity contribution is 5.87. The van der Waals surface area contributed by atoms with E-state index in [1.165, 1.54) is 37.7 Å². The van der Waals surface area contributed by atoms with Gasteiger partial charge in [0, 0.05) is 37.0 Å². The van der Waals surface area contributed by atoms with E-state index in [9.17, 15) is 9.90 Å². The van der Waals surface area contributed by atoms with Gasteiger partial charge in [-0.15, -0.1) is 0 Å². The predicted molar refractivity (Wildman–Crippen MR) is 109 cm³/mol. The van der Waals surface area contributed by atoms with Gasteiger partial charge >= 0.3 is 5.97 Å². The molecule has 28 heavy (non-hydrogen) atoms. The van der Waals surface area contributed by atoms with Gasteiger partial charge in [-0.1, -0.05) is 31.4 Å². The molecule has 148 valence electrons. The largest absolute Gasteiger partial charge is 0.478 e. The number of rotatable bonds is 5. The van der Waals surface area contributed by atoms with E-state index in [4.69, 9.17) is 0 Å². The third kappa shape index (κ3) is 4.58. The van der Waals surface area contributed by atoms with Crippen molar-refractivity contribution in [2.24, 2.45) is 0 Å². The molecule has 2 fully saturated rings. The molecule has 5 heteroatoms. The Bertz CT molecular complexity index is 800. The van der Waals surface area contributed by atoms with Gasteiger partial charge in [0.25, 0.3) is 0 Å². The zero-order valence-electron chi connectivity index (χ0n) is 16.4. The van der Waals surface area contributed by atoms with E-state index in [2.05, 4.69) is 20.9 Å². The average Bonchev–Trinajstić information content (AvgIpc) is 2.75. The highest BCUT2D eigenvalue weighted by Crippen LogP contribution is 2.31. The minimum atomic E-state index is -0.857. The maximum atomic E-state index is 11.3. The van der Waals surface area contributed by atoms with Crippen LogP contribution < -0.4 is 0 Å². The van der Waals surface area contributed by atoms with Crippen LogP contribution in [0.25, 0.3) is 0 Å². The highest BCUT2D eigenvalue weighted by atomic mass is 16.4. The molecule has 1 aromatic heterocycles. The SMILES string of the molecule is O=C(O)c1cccc(C2CCCN(Cc3cnc(C4CCCCC4)nc3)C2)c1. The number of benzene rings is 1. The summed E-state index contributed by atoms with van der Waals surface area (Å²) in [6, 6.07) is 7.41. The zero-order chi connectivity index (χ0) is 19.3. The van der Waals surface area contributed by atoms with Crippen molar-refractivity contribution in [2.75, 3.05) is 13.1 Å². The van der Waals surface area contributed by atoms with Crippen molar-refractivity contribution in [3.05, 3.63) is 59.2 Å². The van der Waals surface area contributed by atoms with Crippen LogP contribution in [0.1, 0.15) is 84.1 Å². The fourth-order valence-corrected chi connectivity index (χ4v) is 4.67. The van der Waals surface area contributed by atoms with E-state index >= 15 is 0 Å². The molecule has 0 radical (unpaired) electrons. The second-order valence-electron chi connectivity index (χ2n) is 8.29. The Labute approximate surface area is 166 Å².